The molecule has 233 valence electrons. The molecule has 3 unspecified atom stereocenters. The van der Waals surface area contributed by atoms with E-state index in [0.29, 0.717) is 11.8 Å². The van der Waals surface area contributed by atoms with E-state index in [4.69, 9.17) is 17.0 Å². The second-order valence-corrected chi connectivity index (χ2v) is 63.1. The normalized spacial score (nSPS) is 21.9. The van der Waals surface area contributed by atoms with Gasteiger partial charge >= 0.3 is 279 Å². The molecule has 0 aliphatic heterocycles. The molecule has 0 radical (unpaired) electrons. The zero-order valence-corrected chi connectivity index (χ0v) is 34.2. The van der Waals surface area contributed by atoms with Crippen molar-refractivity contribution in [2.24, 2.45) is 5.92 Å². The summed E-state index contributed by atoms with van der Waals surface area (Å²) in [6.45, 7) is 19.3. The van der Waals surface area contributed by atoms with Crippen LogP contribution >= 0.6 is 17.0 Å². The molecule has 0 aromatic heterocycles. The van der Waals surface area contributed by atoms with E-state index in [1.165, 1.54) is 75.4 Å². The summed E-state index contributed by atoms with van der Waals surface area (Å²) in [5, 5.41) is 1.50. The molecule has 3 aliphatic carbocycles. The zero-order chi connectivity index (χ0) is 31.6. The number of hydrogen-bond donors (Lipinski definition) is 0. The SMILES string of the molecule is CCC(C)c1cccc2c1C=C(C1CCCC1)[CH]2[Zr]([Cl])([Cl])([CH]1C(C)=Cc2c(-c3ccc([Si](C)(C)C)cc3)cccc21)[SiH](C)C. The van der Waals surface area contributed by atoms with Gasteiger partial charge in [-0.25, -0.2) is 0 Å². The second-order valence-electron chi connectivity index (χ2n) is 15.6. The van der Waals surface area contributed by atoms with Crippen LogP contribution in [-0.2, 0) is 15.6 Å². The summed E-state index contributed by atoms with van der Waals surface area (Å²) in [4.78, 5) is 0. The minimum absolute atomic E-state index is 0.149. The van der Waals surface area contributed by atoms with E-state index in [1.807, 2.05) is 0 Å². The van der Waals surface area contributed by atoms with Crippen molar-refractivity contribution < 1.29 is 15.6 Å². The van der Waals surface area contributed by atoms with Crippen LogP contribution in [0.15, 0.2) is 71.8 Å². The van der Waals surface area contributed by atoms with Crippen LogP contribution in [0.25, 0.3) is 23.3 Å². The molecule has 3 aromatic carbocycles. The first kappa shape index (κ1) is 33.0. The quantitative estimate of drug-likeness (QED) is 0.202. The molecule has 0 nitrogen and oxygen atoms in total. The van der Waals surface area contributed by atoms with Gasteiger partial charge in [0.2, 0.25) is 0 Å². The fraction of sp³-hybridized carbons (Fsp3) is 0.436. The molecule has 0 bridgehead atoms. The van der Waals surface area contributed by atoms with Crippen LogP contribution in [-0.4, -0.2) is 14.0 Å². The van der Waals surface area contributed by atoms with Gasteiger partial charge in [-0.05, 0) is 0 Å². The molecule has 3 aliphatic rings. The Bertz CT molecular complexity index is 1640. The van der Waals surface area contributed by atoms with Gasteiger partial charge in [0.15, 0.2) is 0 Å². The van der Waals surface area contributed by atoms with E-state index in [0.717, 1.165) is 6.42 Å². The monoisotopic (exact) mass is 735 g/mol. The van der Waals surface area contributed by atoms with Gasteiger partial charge in [0.05, 0.1) is 0 Å². The van der Waals surface area contributed by atoms with E-state index in [-0.39, 0.29) is 7.25 Å². The van der Waals surface area contributed by atoms with Gasteiger partial charge < -0.3 is 0 Å². The average Bonchev–Trinajstić information content (AvgIpc) is 3.73. The van der Waals surface area contributed by atoms with Crippen LogP contribution < -0.4 is 5.19 Å². The van der Waals surface area contributed by atoms with Gasteiger partial charge in [-0.2, -0.15) is 0 Å². The first-order valence-corrected chi connectivity index (χ1v) is 36.9. The van der Waals surface area contributed by atoms with Gasteiger partial charge in [0, 0.05) is 0 Å². The molecule has 44 heavy (non-hydrogen) atoms. The Morgan fingerprint density at radius 2 is 1.45 bits per heavy atom. The van der Waals surface area contributed by atoms with Gasteiger partial charge in [-0.1, -0.05) is 0 Å². The van der Waals surface area contributed by atoms with Crippen LogP contribution in [0.4, 0.5) is 0 Å². The Kier molecular flexibility index (Phi) is 8.93. The maximum atomic E-state index is 8.66. The van der Waals surface area contributed by atoms with Crippen molar-refractivity contribution >= 4 is 48.4 Å². The van der Waals surface area contributed by atoms with Crippen molar-refractivity contribution in [1.29, 1.82) is 0 Å². The fourth-order valence-electron chi connectivity index (χ4n) is 8.85. The van der Waals surface area contributed by atoms with E-state index >= 15 is 0 Å². The standard InChI is InChI=1S/C19H21Si.C18H23.C2H7Si.2ClH.Zr/c1-14-12-16-6-5-7-18(19(16)13-14)15-8-10-17(11-9-15)20(2,3)4;1-3-13(2)17-10-6-9-15-11-16(12-18(15)17)14-7-4-5-8-14;1-3-2;;;/h5-13H,1-4H3;6,9-14H,3-5,7-8H2,1-2H3;3H,1-2H3;2*1H;/q;;;;;+2/p-2. The van der Waals surface area contributed by atoms with E-state index in [1.54, 1.807) is 5.57 Å². The second kappa shape index (κ2) is 11.9. The Labute approximate surface area is 277 Å². The number of hydrogen-bond acceptors (Lipinski definition) is 0. The van der Waals surface area contributed by atoms with E-state index in [9.17, 15) is 0 Å². The van der Waals surface area contributed by atoms with Crippen LogP contribution in [0.5, 0.6) is 0 Å². The summed E-state index contributed by atoms with van der Waals surface area (Å²) in [6, 6.07) is 23.4. The van der Waals surface area contributed by atoms with Crippen LogP contribution in [0.3, 0.4) is 0 Å². The first-order valence-electron chi connectivity index (χ1n) is 17.1. The molecule has 0 N–H and O–H groups in total. The summed E-state index contributed by atoms with van der Waals surface area (Å²) in [6.07, 6.45) is 11.4. The predicted octanol–water partition coefficient (Wildman–Crippen LogP) is 12.2. The van der Waals surface area contributed by atoms with Gasteiger partial charge in [-0.3, -0.25) is 0 Å². The summed E-state index contributed by atoms with van der Waals surface area (Å²) >= 11 is -4.72. The van der Waals surface area contributed by atoms with Crippen molar-refractivity contribution in [2.75, 3.05) is 0 Å². The Hall–Kier alpha value is -0.963. The molecule has 1 saturated carbocycles. The third-order valence-corrected chi connectivity index (χ3v) is 65.7. The topological polar surface area (TPSA) is 0 Å². The van der Waals surface area contributed by atoms with Crippen molar-refractivity contribution in [2.45, 2.75) is 98.8 Å². The minimum atomic E-state index is -4.72. The van der Waals surface area contributed by atoms with E-state index in [2.05, 4.69) is 126 Å². The molecule has 0 heterocycles. The zero-order valence-electron chi connectivity index (χ0n) is 28.1. The molecular weight excluding hydrogens is 687 g/mol. The van der Waals surface area contributed by atoms with E-state index < -0.39 is 29.6 Å². The predicted molar refractivity (Wildman–Crippen MR) is 200 cm³/mol. The molecule has 3 atom stereocenters. The van der Waals surface area contributed by atoms with Crippen LogP contribution in [0.2, 0.25) is 32.7 Å². The molecule has 0 amide bonds. The molecule has 6 rings (SSSR count). The van der Waals surface area contributed by atoms with Crippen LogP contribution in [0, 0.1) is 5.92 Å². The molecular formula is C39H51Cl2Si2Zr. The van der Waals surface area contributed by atoms with Crippen molar-refractivity contribution in [3.05, 3.63) is 99.6 Å². The first-order chi connectivity index (χ1) is 20.8. The Morgan fingerprint density at radius 1 is 0.841 bits per heavy atom. The molecule has 0 saturated heterocycles. The summed E-state index contributed by atoms with van der Waals surface area (Å²) < 4.78 is 0.350. The third kappa shape index (κ3) is 5.24. The van der Waals surface area contributed by atoms with Crippen molar-refractivity contribution in [3.8, 4) is 11.1 Å². The average molecular weight is 738 g/mol. The number of rotatable bonds is 8. The van der Waals surface area contributed by atoms with Gasteiger partial charge in [-0.15, -0.1) is 0 Å². The van der Waals surface area contributed by atoms with Crippen LogP contribution in [0.1, 0.15) is 93.9 Å². The number of benzene rings is 3. The number of halogens is 2. The molecule has 3 aromatic rings. The van der Waals surface area contributed by atoms with Crippen molar-refractivity contribution in [3.63, 3.8) is 0 Å². The molecule has 1 fully saturated rings. The fourth-order valence-corrected chi connectivity index (χ4v) is 42.0. The third-order valence-electron chi connectivity index (χ3n) is 11.6. The number of fused-ring (bicyclic) bond motifs is 2. The summed E-state index contributed by atoms with van der Waals surface area (Å²) in [5.74, 6) is -0.427. The summed E-state index contributed by atoms with van der Waals surface area (Å²) in [7, 11) is 16.0. The Morgan fingerprint density at radius 3 is 2.05 bits per heavy atom. The number of allylic oxidation sites excluding steroid dienone is 2. The summed E-state index contributed by atoms with van der Waals surface area (Å²) in [5.41, 5.74) is 12.8. The maximum absolute atomic E-state index is 8.66. The molecule has 0 spiro atoms. The Balaban J connectivity index is 1.54. The van der Waals surface area contributed by atoms with Crippen molar-refractivity contribution in [1.82, 2.24) is 0 Å². The van der Waals surface area contributed by atoms with Gasteiger partial charge in [0.25, 0.3) is 0 Å². The van der Waals surface area contributed by atoms with Gasteiger partial charge in [0.1, 0.15) is 0 Å². The molecule has 5 heteroatoms.